The molecular weight excluding hydrogens is 321 g/mol. The van der Waals surface area contributed by atoms with Crippen LogP contribution in [0.3, 0.4) is 0 Å². The van der Waals surface area contributed by atoms with Crippen LogP contribution in [0.2, 0.25) is 0 Å². The van der Waals surface area contributed by atoms with Crippen molar-refractivity contribution in [2.45, 2.75) is 6.92 Å². The monoisotopic (exact) mass is 337 g/mol. The van der Waals surface area contributed by atoms with Crippen LogP contribution in [0.1, 0.15) is 11.4 Å². The van der Waals surface area contributed by atoms with Gasteiger partial charge in [0, 0.05) is 18.5 Å². The quantitative estimate of drug-likeness (QED) is 0.644. The largest absolute Gasteiger partial charge is 0.490 e. The lowest BCUT2D eigenvalue weighted by atomic mass is 10.2. The van der Waals surface area contributed by atoms with Crippen LogP contribution in [0.15, 0.2) is 54.9 Å². The number of benzene rings is 2. The van der Waals surface area contributed by atoms with Crippen molar-refractivity contribution in [3.8, 4) is 23.3 Å². The summed E-state index contributed by atoms with van der Waals surface area (Å²) >= 11 is 0. The van der Waals surface area contributed by atoms with E-state index in [2.05, 4.69) is 4.98 Å². The van der Waals surface area contributed by atoms with Gasteiger partial charge in [0.15, 0.2) is 0 Å². The van der Waals surface area contributed by atoms with E-state index in [0.717, 1.165) is 17.6 Å². The summed E-state index contributed by atoms with van der Waals surface area (Å²) in [6.07, 6.45) is 3.63. The molecule has 0 aliphatic carbocycles. The predicted molar refractivity (Wildman–Crippen MR) is 90.4 cm³/mol. The average Bonchev–Trinajstić information content (AvgIpc) is 3.06. The summed E-state index contributed by atoms with van der Waals surface area (Å²) in [5.41, 5.74) is 1.12. The van der Waals surface area contributed by atoms with Crippen LogP contribution in [0.4, 0.5) is 4.39 Å². The average molecular weight is 337 g/mol. The molecule has 1 aromatic heterocycles. The number of hydrogen-bond acceptors (Lipinski definition) is 4. The third-order valence-electron chi connectivity index (χ3n) is 3.59. The zero-order chi connectivity index (χ0) is 17.6. The maximum absolute atomic E-state index is 13.1. The van der Waals surface area contributed by atoms with Gasteiger partial charge in [0.2, 0.25) is 0 Å². The van der Waals surface area contributed by atoms with E-state index >= 15 is 0 Å². The molecule has 25 heavy (non-hydrogen) atoms. The van der Waals surface area contributed by atoms with Crippen molar-refractivity contribution < 1.29 is 13.9 Å². The Hall–Kier alpha value is -3.33. The summed E-state index contributed by atoms with van der Waals surface area (Å²) in [4.78, 5) is 4.20. The van der Waals surface area contributed by atoms with Crippen molar-refractivity contribution in [2.24, 2.45) is 0 Å². The third kappa shape index (κ3) is 3.96. The van der Waals surface area contributed by atoms with Crippen LogP contribution >= 0.6 is 0 Å². The van der Waals surface area contributed by atoms with Gasteiger partial charge in [-0.1, -0.05) is 6.07 Å². The minimum absolute atomic E-state index is 0.164. The van der Waals surface area contributed by atoms with Gasteiger partial charge in [-0.3, -0.25) is 0 Å². The topological polar surface area (TPSA) is 60.1 Å². The number of aromatic nitrogens is 2. The summed E-state index contributed by atoms with van der Waals surface area (Å²) < 4.78 is 26.2. The molecule has 2 aromatic carbocycles. The highest BCUT2D eigenvalue weighted by molar-refractivity contribution is 5.43. The molecule has 0 unspecified atom stereocenters. The van der Waals surface area contributed by atoms with Gasteiger partial charge in [0.05, 0.1) is 11.3 Å². The second kappa shape index (κ2) is 7.49. The van der Waals surface area contributed by atoms with Gasteiger partial charge in [-0.05, 0) is 37.3 Å². The molecule has 126 valence electrons. The minimum atomic E-state index is -0.466. The molecule has 0 aliphatic rings. The highest BCUT2D eigenvalue weighted by Crippen LogP contribution is 2.20. The van der Waals surface area contributed by atoms with E-state index in [0.29, 0.717) is 18.1 Å². The molecule has 0 saturated heterocycles. The number of halogens is 1. The molecule has 0 spiro atoms. The van der Waals surface area contributed by atoms with Crippen molar-refractivity contribution in [3.05, 3.63) is 72.1 Å². The highest BCUT2D eigenvalue weighted by atomic mass is 19.1. The first-order valence-corrected chi connectivity index (χ1v) is 7.73. The molecule has 1 heterocycles. The summed E-state index contributed by atoms with van der Waals surface area (Å²) in [6.45, 7) is 2.47. The number of nitriles is 1. The van der Waals surface area contributed by atoms with Gasteiger partial charge >= 0.3 is 0 Å². The normalized spacial score (nSPS) is 10.3. The Morgan fingerprint density at radius 2 is 2.00 bits per heavy atom. The summed E-state index contributed by atoms with van der Waals surface area (Å²) in [6, 6.07) is 13.4. The fourth-order valence-electron chi connectivity index (χ4n) is 2.40. The fourth-order valence-corrected chi connectivity index (χ4v) is 2.40. The molecule has 3 rings (SSSR count). The summed E-state index contributed by atoms with van der Waals surface area (Å²) in [5, 5.41) is 8.99. The Bertz CT molecular complexity index is 915. The van der Waals surface area contributed by atoms with Crippen LogP contribution in [0, 0.1) is 24.1 Å². The molecule has 0 N–H and O–H groups in total. The van der Waals surface area contributed by atoms with Gasteiger partial charge in [-0.25, -0.2) is 9.37 Å². The Balaban J connectivity index is 1.58. The van der Waals surface area contributed by atoms with E-state index in [1.807, 2.05) is 48.0 Å². The summed E-state index contributed by atoms with van der Waals surface area (Å²) in [5.74, 6) is 1.47. The first-order valence-electron chi connectivity index (χ1n) is 7.73. The maximum atomic E-state index is 13.1. The van der Waals surface area contributed by atoms with Crippen LogP contribution in [0.5, 0.6) is 11.5 Å². The van der Waals surface area contributed by atoms with Crippen molar-refractivity contribution in [2.75, 3.05) is 13.2 Å². The molecule has 0 fully saturated rings. The molecule has 0 radical (unpaired) electrons. The number of hydrogen-bond donors (Lipinski definition) is 0. The van der Waals surface area contributed by atoms with Gasteiger partial charge in [-0.15, -0.1) is 0 Å². The lowest BCUT2D eigenvalue weighted by Crippen LogP contribution is -2.10. The Labute approximate surface area is 144 Å². The zero-order valence-corrected chi connectivity index (χ0v) is 13.6. The van der Waals surface area contributed by atoms with Crippen molar-refractivity contribution in [1.82, 2.24) is 9.55 Å². The molecule has 6 heteroatoms. The highest BCUT2D eigenvalue weighted by Gasteiger charge is 2.06. The second-order valence-electron chi connectivity index (χ2n) is 5.29. The number of nitrogens with zero attached hydrogens (tertiary/aromatic N) is 3. The van der Waals surface area contributed by atoms with Gasteiger partial charge < -0.3 is 14.0 Å². The fraction of sp³-hybridized carbons (Fsp3) is 0.158. The standard InChI is InChI=1S/C19H16FN3O2/c1-14-22-7-8-23(14)17-3-2-4-18(12-17)24-9-10-25-19-6-5-16(20)11-15(19)13-21/h2-8,11-12H,9-10H2,1H3. The minimum Gasteiger partial charge on any atom is -0.490 e. The van der Waals surface area contributed by atoms with E-state index < -0.39 is 5.82 Å². The SMILES string of the molecule is Cc1nccn1-c1cccc(OCCOc2ccc(F)cc2C#N)c1. The van der Waals surface area contributed by atoms with Gasteiger partial charge in [0.1, 0.15) is 42.4 Å². The number of rotatable bonds is 6. The van der Waals surface area contributed by atoms with Gasteiger partial charge in [0.25, 0.3) is 0 Å². The molecule has 0 amide bonds. The molecule has 5 nitrogen and oxygen atoms in total. The third-order valence-corrected chi connectivity index (χ3v) is 3.59. The lowest BCUT2D eigenvalue weighted by molar-refractivity contribution is 0.216. The lowest BCUT2D eigenvalue weighted by Gasteiger charge is -2.11. The van der Waals surface area contributed by atoms with E-state index in [9.17, 15) is 4.39 Å². The van der Waals surface area contributed by atoms with Crippen LogP contribution < -0.4 is 9.47 Å². The number of imidazole rings is 1. The smallest absolute Gasteiger partial charge is 0.137 e. The molecule has 0 saturated carbocycles. The van der Waals surface area contributed by atoms with Crippen molar-refractivity contribution >= 4 is 0 Å². The first kappa shape index (κ1) is 16.5. The first-order chi connectivity index (χ1) is 12.2. The summed E-state index contributed by atoms with van der Waals surface area (Å²) in [7, 11) is 0. The Kier molecular flexibility index (Phi) is 4.95. The molecule has 0 atom stereocenters. The number of aryl methyl sites for hydroxylation is 1. The Morgan fingerprint density at radius 3 is 2.76 bits per heavy atom. The van der Waals surface area contributed by atoms with E-state index in [-0.39, 0.29) is 12.2 Å². The molecular formula is C19H16FN3O2. The van der Waals surface area contributed by atoms with Crippen molar-refractivity contribution in [1.29, 1.82) is 5.26 Å². The zero-order valence-electron chi connectivity index (χ0n) is 13.6. The molecule has 0 bridgehead atoms. The van der Waals surface area contributed by atoms with Crippen LogP contribution in [0.25, 0.3) is 5.69 Å². The Morgan fingerprint density at radius 1 is 1.16 bits per heavy atom. The van der Waals surface area contributed by atoms with Gasteiger partial charge in [-0.2, -0.15) is 5.26 Å². The molecule has 0 aliphatic heterocycles. The van der Waals surface area contributed by atoms with Crippen molar-refractivity contribution in [3.63, 3.8) is 0 Å². The van der Waals surface area contributed by atoms with Crippen LogP contribution in [-0.4, -0.2) is 22.8 Å². The van der Waals surface area contributed by atoms with E-state index in [4.69, 9.17) is 14.7 Å². The predicted octanol–water partition coefficient (Wildman–Crippen LogP) is 3.65. The van der Waals surface area contributed by atoms with E-state index in [1.165, 1.54) is 12.1 Å². The maximum Gasteiger partial charge on any atom is 0.137 e. The second-order valence-corrected chi connectivity index (χ2v) is 5.29. The number of ether oxygens (including phenoxy) is 2. The van der Waals surface area contributed by atoms with Crippen LogP contribution in [-0.2, 0) is 0 Å². The van der Waals surface area contributed by atoms with E-state index in [1.54, 1.807) is 6.20 Å². The molecule has 3 aromatic rings.